The van der Waals surface area contributed by atoms with E-state index in [1.54, 1.807) is 30.1 Å². The van der Waals surface area contributed by atoms with Crippen LogP contribution in [-0.2, 0) is 7.05 Å². The molecule has 0 aliphatic carbocycles. The van der Waals surface area contributed by atoms with E-state index in [9.17, 15) is 4.79 Å². The van der Waals surface area contributed by atoms with Gasteiger partial charge in [-0.3, -0.25) is 9.48 Å². The van der Waals surface area contributed by atoms with Crippen molar-refractivity contribution in [1.29, 1.82) is 0 Å². The number of carbonyl (C=O) groups excluding carboxylic acids is 1. The average molecular weight is 294 g/mol. The summed E-state index contributed by atoms with van der Waals surface area (Å²) in [7, 11) is 3.31. The number of carbonyl (C=O) groups is 1. The van der Waals surface area contributed by atoms with E-state index < -0.39 is 0 Å². The average Bonchev–Trinajstić information content (AvgIpc) is 2.72. The Balaban J connectivity index is 2.32. The maximum Gasteiger partial charge on any atom is 0.276 e. The highest BCUT2D eigenvalue weighted by Gasteiger charge is 2.16. The fourth-order valence-corrected chi connectivity index (χ4v) is 2.10. The van der Waals surface area contributed by atoms with Gasteiger partial charge in [0.2, 0.25) is 0 Å². The van der Waals surface area contributed by atoms with E-state index in [1.165, 1.54) is 7.11 Å². The van der Waals surface area contributed by atoms with Gasteiger partial charge in [-0.05, 0) is 25.5 Å². The van der Waals surface area contributed by atoms with Crippen LogP contribution in [-0.4, -0.2) is 22.8 Å². The molecule has 0 saturated carbocycles. The van der Waals surface area contributed by atoms with Gasteiger partial charge in [-0.15, -0.1) is 0 Å². The molecule has 0 spiro atoms. The molecule has 0 atom stereocenters. The number of ether oxygens (including phenoxy) is 1. The molecule has 1 heterocycles. The second-order valence-corrected chi connectivity index (χ2v) is 5.00. The molecule has 5 nitrogen and oxygen atoms in total. The van der Waals surface area contributed by atoms with Crippen LogP contribution in [0.3, 0.4) is 0 Å². The van der Waals surface area contributed by atoms with Gasteiger partial charge in [-0.1, -0.05) is 11.6 Å². The van der Waals surface area contributed by atoms with Gasteiger partial charge in [0.05, 0.1) is 12.8 Å². The third-order valence-corrected chi connectivity index (χ3v) is 3.36. The molecule has 0 bridgehead atoms. The molecule has 1 aromatic heterocycles. The first kappa shape index (κ1) is 14.4. The molecule has 1 N–H and O–H groups in total. The smallest absolute Gasteiger partial charge is 0.276 e. The minimum absolute atomic E-state index is 0.275. The van der Waals surface area contributed by atoms with E-state index in [2.05, 4.69) is 10.4 Å². The van der Waals surface area contributed by atoms with E-state index >= 15 is 0 Å². The van der Waals surface area contributed by atoms with Crippen LogP contribution in [0, 0.1) is 13.8 Å². The Morgan fingerprint density at radius 3 is 2.60 bits per heavy atom. The number of aromatic nitrogens is 2. The number of rotatable bonds is 3. The maximum absolute atomic E-state index is 12.2. The van der Waals surface area contributed by atoms with Crippen molar-refractivity contribution < 1.29 is 9.53 Å². The first-order valence-electron chi connectivity index (χ1n) is 6.08. The molecule has 2 rings (SSSR count). The fourth-order valence-electron chi connectivity index (χ4n) is 1.94. The molecular formula is C14H16ClN3O2. The van der Waals surface area contributed by atoms with E-state index in [1.807, 2.05) is 13.8 Å². The molecule has 0 radical (unpaired) electrons. The molecule has 20 heavy (non-hydrogen) atoms. The van der Waals surface area contributed by atoms with Gasteiger partial charge < -0.3 is 10.1 Å². The Kier molecular flexibility index (Phi) is 3.99. The summed E-state index contributed by atoms with van der Waals surface area (Å²) in [4.78, 5) is 12.2. The molecule has 1 aromatic carbocycles. The molecule has 6 heteroatoms. The zero-order chi connectivity index (χ0) is 14.9. The number of anilines is 1. The molecule has 106 valence electrons. The summed E-state index contributed by atoms with van der Waals surface area (Å²) in [5.74, 6) is 0.241. The first-order valence-corrected chi connectivity index (χ1v) is 6.46. The molecule has 0 aliphatic heterocycles. The number of hydrogen-bond acceptors (Lipinski definition) is 3. The SMILES string of the molecule is COc1cc(Cl)c(C)cc1NC(=O)c1nn(C)cc1C. The van der Waals surface area contributed by atoms with Gasteiger partial charge in [-0.2, -0.15) is 5.10 Å². The standard InChI is InChI=1S/C14H16ClN3O2/c1-8-5-11(12(20-4)6-10(8)15)16-14(19)13-9(2)7-18(3)17-13/h5-7H,1-4H3,(H,16,19). The highest BCUT2D eigenvalue weighted by molar-refractivity contribution is 6.31. The van der Waals surface area contributed by atoms with E-state index in [-0.39, 0.29) is 5.91 Å². The third-order valence-electron chi connectivity index (χ3n) is 2.96. The molecule has 1 amide bonds. The maximum atomic E-state index is 12.2. The van der Waals surface area contributed by atoms with Crippen molar-refractivity contribution in [2.45, 2.75) is 13.8 Å². The predicted octanol–water partition coefficient (Wildman–Crippen LogP) is 2.95. The lowest BCUT2D eigenvalue weighted by atomic mass is 10.2. The fraction of sp³-hybridized carbons (Fsp3) is 0.286. The quantitative estimate of drug-likeness (QED) is 0.946. The van der Waals surface area contributed by atoms with Crippen LogP contribution in [0.2, 0.25) is 5.02 Å². The Hall–Kier alpha value is -2.01. The Bertz CT molecular complexity index is 665. The third kappa shape index (κ3) is 2.77. The molecule has 2 aromatic rings. The predicted molar refractivity (Wildman–Crippen MR) is 78.6 cm³/mol. The van der Waals surface area contributed by atoms with Crippen molar-refractivity contribution in [3.63, 3.8) is 0 Å². The number of hydrogen-bond donors (Lipinski definition) is 1. The summed E-state index contributed by atoms with van der Waals surface area (Å²) in [6.07, 6.45) is 1.79. The molecular weight excluding hydrogens is 278 g/mol. The second-order valence-electron chi connectivity index (χ2n) is 4.59. The monoisotopic (exact) mass is 293 g/mol. The van der Waals surface area contributed by atoms with Crippen molar-refractivity contribution in [2.24, 2.45) is 7.05 Å². The largest absolute Gasteiger partial charge is 0.495 e. The van der Waals surface area contributed by atoms with Crippen molar-refractivity contribution in [3.8, 4) is 5.75 Å². The summed E-state index contributed by atoms with van der Waals surface area (Å²) in [5.41, 5.74) is 2.64. The van der Waals surface area contributed by atoms with Crippen molar-refractivity contribution in [3.05, 3.63) is 40.2 Å². The van der Waals surface area contributed by atoms with E-state index in [0.717, 1.165) is 11.1 Å². The highest BCUT2D eigenvalue weighted by Crippen LogP contribution is 2.31. The topological polar surface area (TPSA) is 56.1 Å². The molecule has 0 aliphatic rings. The zero-order valence-corrected chi connectivity index (χ0v) is 12.6. The van der Waals surface area contributed by atoms with Crippen LogP contribution in [0.25, 0.3) is 0 Å². The van der Waals surface area contributed by atoms with Gasteiger partial charge in [0.25, 0.3) is 5.91 Å². The molecule has 0 unspecified atom stereocenters. The Labute approximate surface area is 122 Å². The second kappa shape index (κ2) is 5.54. The van der Waals surface area contributed by atoms with Crippen molar-refractivity contribution in [2.75, 3.05) is 12.4 Å². The summed E-state index contributed by atoms with van der Waals surface area (Å²) in [6, 6.07) is 3.45. The van der Waals surface area contributed by atoms with Gasteiger partial charge in [0, 0.05) is 29.9 Å². The highest BCUT2D eigenvalue weighted by atomic mass is 35.5. The number of nitrogens with zero attached hydrogens (tertiary/aromatic N) is 2. The van der Waals surface area contributed by atoms with Gasteiger partial charge in [0.15, 0.2) is 5.69 Å². The van der Waals surface area contributed by atoms with Crippen molar-refractivity contribution >= 4 is 23.2 Å². The molecule has 0 fully saturated rings. The Morgan fingerprint density at radius 1 is 1.35 bits per heavy atom. The lowest BCUT2D eigenvalue weighted by Gasteiger charge is -2.11. The van der Waals surface area contributed by atoms with E-state index in [4.69, 9.17) is 16.3 Å². The number of amides is 1. The Morgan fingerprint density at radius 2 is 2.05 bits per heavy atom. The normalized spacial score (nSPS) is 10.4. The van der Waals surface area contributed by atoms with Crippen LogP contribution < -0.4 is 10.1 Å². The van der Waals surface area contributed by atoms with Crippen LogP contribution in [0.5, 0.6) is 5.75 Å². The lowest BCUT2D eigenvalue weighted by molar-refractivity contribution is 0.102. The van der Waals surface area contributed by atoms with Gasteiger partial charge >= 0.3 is 0 Å². The summed E-state index contributed by atoms with van der Waals surface area (Å²) in [5, 5.41) is 7.53. The van der Waals surface area contributed by atoms with E-state index in [0.29, 0.717) is 22.2 Å². The number of halogens is 1. The summed E-state index contributed by atoms with van der Waals surface area (Å²) >= 11 is 6.04. The minimum atomic E-state index is -0.275. The first-order chi connectivity index (χ1) is 9.42. The number of benzene rings is 1. The number of aryl methyl sites for hydroxylation is 3. The van der Waals surface area contributed by atoms with Crippen LogP contribution >= 0.6 is 11.6 Å². The number of methoxy groups -OCH3 is 1. The van der Waals surface area contributed by atoms with Crippen molar-refractivity contribution in [1.82, 2.24) is 9.78 Å². The van der Waals surface area contributed by atoms with Crippen LogP contribution in [0.1, 0.15) is 21.6 Å². The lowest BCUT2D eigenvalue weighted by Crippen LogP contribution is -2.15. The van der Waals surface area contributed by atoms with Crippen LogP contribution in [0.4, 0.5) is 5.69 Å². The van der Waals surface area contributed by atoms with Gasteiger partial charge in [-0.25, -0.2) is 0 Å². The summed E-state index contributed by atoms with van der Waals surface area (Å²) in [6.45, 7) is 3.70. The van der Waals surface area contributed by atoms with Crippen LogP contribution in [0.15, 0.2) is 18.3 Å². The summed E-state index contributed by atoms with van der Waals surface area (Å²) < 4.78 is 6.83. The number of nitrogens with one attached hydrogen (secondary N) is 1. The minimum Gasteiger partial charge on any atom is -0.495 e. The van der Waals surface area contributed by atoms with Gasteiger partial charge in [0.1, 0.15) is 5.75 Å². The zero-order valence-electron chi connectivity index (χ0n) is 11.8. The molecule has 0 saturated heterocycles.